The molecule has 4 bridgehead atoms. The maximum Gasteiger partial charge on any atom is 0.374 e. The summed E-state index contributed by atoms with van der Waals surface area (Å²) in [6.07, 6.45) is -8.29. The second-order valence-corrected chi connectivity index (χ2v) is 16.1. The molecule has 12 atom stereocenters. The summed E-state index contributed by atoms with van der Waals surface area (Å²) in [7, 11) is 0. The van der Waals surface area contributed by atoms with Crippen LogP contribution in [0.2, 0.25) is 0 Å². The molecule has 20 nitrogen and oxygen atoms in total. The minimum absolute atomic E-state index is 0.0151. The summed E-state index contributed by atoms with van der Waals surface area (Å²) in [5.74, 6) is -11.3. The van der Waals surface area contributed by atoms with Crippen molar-refractivity contribution in [2.75, 3.05) is 13.2 Å². The molecule has 2 aliphatic carbocycles. The molecule has 2 saturated carbocycles. The fourth-order valence-corrected chi connectivity index (χ4v) is 9.56. The van der Waals surface area contributed by atoms with E-state index in [1.165, 1.54) is 38.4 Å². The fraction of sp³-hybridized carbons (Fsp3) is 0.585. The lowest BCUT2D eigenvalue weighted by molar-refractivity contribution is -0.386. The van der Waals surface area contributed by atoms with Gasteiger partial charge in [-0.1, -0.05) is 6.92 Å². The number of carbonyl (C=O) groups is 8. The van der Waals surface area contributed by atoms with Crippen molar-refractivity contribution in [1.82, 2.24) is 4.98 Å². The van der Waals surface area contributed by atoms with Crippen molar-refractivity contribution in [2.24, 2.45) is 17.3 Å². The number of furan rings is 1. The van der Waals surface area contributed by atoms with E-state index in [-0.39, 0.29) is 18.4 Å². The molecule has 2 aromatic heterocycles. The monoisotopic (exact) mass is 857 g/mol. The van der Waals surface area contributed by atoms with Crippen LogP contribution >= 0.6 is 0 Å². The van der Waals surface area contributed by atoms with Crippen LogP contribution < -0.4 is 0 Å². The van der Waals surface area contributed by atoms with Crippen LogP contribution in [0, 0.1) is 17.3 Å². The molecular formula is C41H47NO19. The number of cyclic esters (lactones) is 1. The molecule has 61 heavy (non-hydrogen) atoms. The second kappa shape index (κ2) is 16.5. The summed E-state index contributed by atoms with van der Waals surface area (Å²) in [5, 5.41) is 13.6. The zero-order valence-corrected chi connectivity index (χ0v) is 34.7. The number of esters is 8. The van der Waals surface area contributed by atoms with Crippen LogP contribution in [0.15, 0.2) is 41.3 Å². The third-order valence-corrected chi connectivity index (χ3v) is 11.9. The molecule has 6 rings (SSSR count). The lowest BCUT2D eigenvalue weighted by atomic mass is 9.45. The van der Waals surface area contributed by atoms with E-state index in [0.29, 0.717) is 5.56 Å². The summed E-state index contributed by atoms with van der Waals surface area (Å²) in [6.45, 7) is 7.04. The smallest absolute Gasteiger partial charge is 0.374 e. The van der Waals surface area contributed by atoms with Crippen molar-refractivity contribution in [3.63, 3.8) is 0 Å². The van der Waals surface area contributed by atoms with E-state index in [1.54, 1.807) is 6.07 Å². The summed E-state index contributed by atoms with van der Waals surface area (Å²) in [5.41, 5.74) is -9.96. The minimum atomic E-state index is -2.87. The van der Waals surface area contributed by atoms with Crippen molar-refractivity contribution in [1.29, 1.82) is 0 Å². The average molecular weight is 858 g/mol. The molecule has 4 aliphatic rings. The Hall–Kier alpha value is -5.89. The van der Waals surface area contributed by atoms with E-state index in [0.717, 1.165) is 47.8 Å². The van der Waals surface area contributed by atoms with Gasteiger partial charge in [-0.2, -0.15) is 0 Å². The van der Waals surface area contributed by atoms with Crippen LogP contribution in [-0.2, 0) is 77.8 Å². The third-order valence-electron chi connectivity index (χ3n) is 11.9. The van der Waals surface area contributed by atoms with Gasteiger partial charge in [0.1, 0.15) is 42.0 Å². The van der Waals surface area contributed by atoms with Gasteiger partial charge in [-0.15, -0.1) is 0 Å². The first-order chi connectivity index (χ1) is 28.6. The predicted molar refractivity (Wildman–Crippen MR) is 197 cm³/mol. The molecule has 1 spiro atoms. The molecule has 0 radical (unpaired) electrons. The topological polar surface area (TPSA) is 266 Å². The van der Waals surface area contributed by atoms with E-state index in [1.807, 2.05) is 0 Å². The van der Waals surface area contributed by atoms with Crippen molar-refractivity contribution in [2.45, 2.75) is 122 Å². The maximum atomic E-state index is 14.3. The Morgan fingerprint density at radius 1 is 0.836 bits per heavy atom. The van der Waals surface area contributed by atoms with Gasteiger partial charge in [0.2, 0.25) is 5.76 Å². The van der Waals surface area contributed by atoms with Crippen LogP contribution in [0.4, 0.5) is 0 Å². The van der Waals surface area contributed by atoms with E-state index >= 15 is 0 Å². The summed E-state index contributed by atoms with van der Waals surface area (Å²) >= 11 is 0. The van der Waals surface area contributed by atoms with Crippen LogP contribution in [0.1, 0.15) is 88.3 Å². The number of ether oxygens (including phenoxy) is 9. The van der Waals surface area contributed by atoms with Gasteiger partial charge in [-0.25, -0.2) is 9.59 Å². The van der Waals surface area contributed by atoms with Crippen LogP contribution in [-0.4, -0.2) is 124 Å². The first kappa shape index (κ1) is 44.7. The molecule has 1 N–H and O–H groups in total. The lowest BCUT2D eigenvalue weighted by Crippen LogP contribution is -2.89. The normalized spacial score (nSPS) is 35.4. The molecule has 12 unspecified atom stereocenters. The van der Waals surface area contributed by atoms with Crippen LogP contribution in [0.25, 0.3) is 0 Å². The number of aromatic nitrogens is 1. The maximum absolute atomic E-state index is 14.3. The van der Waals surface area contributed by atoms with Crippen LogP contribution in [0.3, 0.4) is 0 Å². The number of hydrogen-bond donors (Lipinski definition) is 1. The van der Waals surface area contributed by atoms with Crippen molar-refractivity contribution in [3.8, 4) is 0 Å². The Kier molecular flexibility index (Phi) is 12.1. The number of rotatable bonds is 8. The van der Waals surface area contributed by atoms with Crippen molar-refractivity contribution < 1.29 is 90.5 Å². The summed E-state index contributed by atoms with van der Waals surface area (Å²) < 4.78 is 60.2. The molecule has 2 aromatic rings. The molecular weight excluding hydrogens is 810 g/mol. The van der Waals surface area contributed by atoms with Gasteiger partial charge in [0.05, 0.1) is 23.7 Å². The number of nitrogens with zero attached hydrogens (tertiary/aromatic N) is 1. The second-order valence-electron chi connectivity index (χ2n) is 16.1. The quantitative estimate of drug-likeness (QED) is 0.293. The molecule has 4 heterocycles. The zero-order chi connectivity index (χ0) is 44.8. The largest absolute Gasteiger partial charge is 0.465 e. The average Bonchev–Trinajstić information content (AvgIpc) is 3.79. The number of aryl methyl sites for hydroxylation is 1. The number of fused-ring (bicyclic) bond motifs is 5. The Morgan fingerprint density at radius 3 is 2.05 bits per heavy atom. The fourth-order valence-electron chi connectivity index (χ4n) is 9.56. The molecule has 2 aliphatic heterocycles. The number of aliphatic hydroxyl groups is 1. The van der Waals surface area contributed by atoms with Crippen molar-refractivity contribution >= 4 is 47.8 Å². The minimum Gasteiger partial charge on any atom is -0.465 e. The van der Waals surface area contributed by atoms with E-state index in [2.05, 4.69) is 4.98 Å². The lowest BCUT2D eigenvalue weighted by Gasteiger charge is -2.67. The Bertz CT molecular complexity index is 2100. The van der Waals surface area contributed by atoms with Gasteiger partial charge in [-0.05, 0) is 50.5 Å². The van der Waals surface area contributed by atoms with Gasteiger partial charge in [-0.3, -0.25) is 33.8 Å². The Labute approximate surface area is 348 Å². The van der Waals surface area contributed by atoms with Gasteiger partial charge >= 0.3 is 47.8 Å². The summed E-state index contributed by atoms with van der Waals surface area (Å²) in [6, 6.07) is 4.14. The van der Waals surface area contributed by atoms with Gasteiger partial charge in [0.15, 0.2) is 30.0 Å². The first-order valence-corrected chi connectivity index (χ1v) is 19.4. The van der Waals surface area contributed by atoms with Gasteiger partial charge in [0, 0.05) is 47.0 Å². The highest BCUT2D eigenvalue weighted by molar-refractivity contribution is 5.91. The Balaban J connectivity index is 1.77. The number of carbonyl (C=O) groups excluding carboxylic acids is 8. The highest BCUT2D eigenvalue weighted by atomic mass is 16.7. The standard InChI is InChI=1S/C41H47NO19/c1-19-11-12-25-13-14-42-16-26(25)36(49)54-17-38(7)28-29(55-21(3)44)33(57-23(5)46)40(18-53-20(2)43)34(58-24(6)47)30(59-37(50)27-10-9-15-52-27)32(60-35(19)48)39(8,51)41(40,61-38)31(28)56-22(4)45/h9-10,13-16,19,28-34,51H,11-12,17-18H2,1-8H3. The number of hydrogen-bond acceptors (Lipinski definition) is 20. The Morgan fingerprint density at radius 2 is 1.46 bits per heavy atom. The molecule has 0 amide bonds. The zero-order valence-electron chi connectivity index (χ0n) is 34.7. The predicted octanol–water partition coefficient (Wildman–Crippen LogP) is 1.75. The SMILES string of the molecule is CC(=O)OCC12C(OC(C)=O)C(OC(C)=O)C3C(OC(C)=O)C14OC3(C)COC(=O)c1cnccc1CCC(C)C(=O)OC(C(OC(=O)c1ccco1)C2OC(C)=O)C4(C)O. The first-order valence-electron chi connectivity index (χ1n) is 19.4. The highest BCUT2D eigenvalue weighted by Crippen LogP contribution is 2.70. The third kappa shape index (κ3) is 7.59. The van der Waals surface area contributed by atoms with E-state index < -0.39 is 137 Å². The molecule has 20 heteroatoms. The number of pyridine rings is 1. The van der Waals surface area contributed by atoms with Crippen molar-refractivity contribution in [3.05, 3.63) is 53.7 Å². The molecule has 1 saturated heterocycles. The van der Waals surface area contributed by atoms with Crippen LogP contribution in [0.5, 0.6) is 0 Å². The molecule has 0 aromatic carbocycles. The molecule has 3 fully saturated rings. The van der Waals surface area contributed by atoms with E-state index in [4.69, 9.17) is 47.0 Å². The summed E-state index contributed by atoms with van der Waals surface area (Å²) in [4.78, 5) is 113. The van der Waals surface area contributed by atoms with Gasteiger partial charge < -0.3 is 52.2 Å². The molecule has 330 valence electrons. The highest BCUT2D eigenvalue weighted by Gasteiger charge is 2.92. The van der Waals surface area contributed by atoms with Gasteiger partial charge in [0.25, 0.3) is 0 Å². The van der Waals surface area contributed by atoms with E-state index in [9.17, 15) is 43.5 Å².